The highest BCUT2D eigenvalue weighted by Crippen LogP contribution is 2.21. The molecule has 3 heterocycles. The molecule has 0 aliphatic carbocycles. The molecule has 1 saturated heterocycles. The smallest absolute Gasteiger partial charge is 0.260 e. The molecule has 1 fully saturated rings. The molecule has 1 N–H and O–H groups in total. The van der Waals surface area contributed by atoms with Crippen LogP contribution >= 0.6 is 11.6 Å². The van der Waals surface area contributed by atoms with Crippen LogP contribution in [0.15, 0.2) is 47.4 Å². The largest absolute Gasteiger partial charge is 0.378 e. The fourth-order valence-electron chi connectivity index (χ4n) is 3.21. The predicted octanol–water partition coefficient (Wildman–Crippen LogP) is 3.11. The number of benzene rings is 1. The van der Waals surface area contributed by atoms with E-state index in [2.05, 4.69) is 10.2 Å². The number of nitrogens with zero attached hydrogens (tertiary/aromatic N) is 3. The van der Waals surface area contributed by atoms with Gasteiger partial charge in [0.1, 0.15) is 5.82 Å². The third-order valence-corrected chi connectivity index (χ3v) is 4.87. The summed E-state index contributed by atoms with van der Waals surface area (Å²) in [4.78, 5) is 19.5. The van der Waals surface area contributed by atoms with Gasteiger partial charge in [-0.2, -0.15) is 0 Å². The molecule has 0 amide bonds. The van der Waals surface area contributed by atoms with Gasteiger partial charge in [-0.1, -0.05) is 23.7 Å². The monoisotopic (exact) mass is 384 g/mol. The summed E-state index contributed by atoms with van der Waals surface area (Å²) in [5.41, 5.74) is 3.47. The van der Waals surface area contributed by atoms with Gasteiger partial charge in [-0.3, -0.25) is 9.20 Å². The Morgan fingerprint density at radius 2 is 1.93 bits per heavy atom. The number of hydrogen-bond donors (Lipinski definition) is 1. The summed E-state index contributed by atoms with van der Waals surface area (Å²) in [6.07, 6.45) is 1.82. The van der Waals surface area contributed by atoms with Crippen molar-refractivity contribution >= 4 is 28.8 Å². The van der Waals surface area contributed by atoms with Crippen molar-refractivity contribution < 1.29 is 4.74 Å². The summed E-state index contributed by atoms with van der Waals surface area (Å²) < 4.78 is 7.00. The lowest BCUT2D eigenvalue weighted by Crippen LogP contribution is -2.37. The van der Waals surface area contributed by atoms with Crippen LogP contribution in [0.4, 0.5) is 11.5 Å². The van der Waals surface area contributed by atoms with Gasteiger partial charge in [0.25, 0.3) is 5.56 Å². The zero-order chi connectivity index (χ0) is 18.8. The molecule has 0 radical (unpaired) electrons. The van der Waals surface area contributed by atoms with Gasteiger partial charge in [0.05, 0.1) is 18.9 Å². The summed E-state index contributed by atoms with van der Waals surface area (Å²) in [5, 5.41) is 4.12. The molecule has 2 aromatic heterocycles. The van der Waals surface area contributed by atoms with Crippen molar-refractivity contribution in [3.05, 3.63) is 69.1 Å². The van der Waals surface area contributed by atoms with E-state index >= 15 is 0 Å². The van der Waals surface area contributed by atoms with Crippen LogP contribution in [0.1, 0.15) is 11.1 Å². The number of ether oxygens (including phenoxy) is 1. The number of anilines is 2. The number of fused-ring (bicyclic) bond motifs is 1. The number of hydrogen-bond acceptors (Lipinski definition) is 5. The second kappa shape index (κ2) is 7.58. The minimum atomic E-state index is -0.0836. The molecule has 0 bridgehead atoms. The van der Waals surface area contributed by atoms with Gasteiger partial charge in [-0.25, -0.2) is 4.98 Å². The molecule has 0 spiro atoms. The molecule has 6 nitrogen and oxygen atoms in total. The third kappa shape index (κ3) is 3.91. The second-order valence-corrected chi connectivity index (χ2v) is 7.09. The Morgan fingerprint density at radius 3 is 2.67 bits per heavy atom. The molecule has 1 aromatic carbocycles. The maximum Gasteiger partial charge on any atom is 0.260 e. The number of rotatable bonds is 4. The van der Waals surface area contributed by atoms with Crippen molar-refractivity contribution in [1.29, 1.82) is 0 Å². The Hall–Kier alpha value is -2.57. The van der Waals surface area contributed by atoms with E-state index in [-0.39, 0.29) is 5.56 Å². The van der Waals surface area contributed by atoms with E-state index < -0.39 is 0 Å². The van der Waals surface area contributed by atoms with E-state index in [9.17, 15) is 4.79 Å². The molecule has 1 aliphatic heterocycles. The number of pyridine rings is 1. The molecule has 0 atom stereocenters. The average molecular weight is 385 g/mol. The number of nitrogens with one attached hydrogen (secondary N) is 1. The first-order chi connectivity index (χ1) is 13.1. The van der Waals surface area contributed by atoms with Crippen LogP contribution in [0.5, 0.6) is 0 Å². The van der Waals surface area contributed by atoms with E-state index in [4.69, 9.17) is 21.3 Å². The van der Waals surface area contributed by atoms with Crippen LogP contribution in [0, 0.1) is 6.92 Å². The summed E-state index contributed by atoms with van der Waals surface area (Å²) in [7, 11) is 0. The maximum absolute atomic E-state index is 12.7. The van der Waals surface area contributed by atoms with Gasteiger partial charge in [0.2, 0.25) is 0 Å². The van der Waals surface area contributed by atoms with Crippen molar-refractivity contribution in [2.45, 2.75) is 13.5 Å². The molecule has 7 heteroatoms. The summed E-state index contributed by atoms with van der Waals surface area (Å²) in [5.74, 6) is 0.696. The quantitative estimate of drug-likeness (QED) is 0.749. The van der Waals surface area contributed by atoms with Gasteiger partial charge in [0.15, 0.2) is 5.65 Å². The van der Waals surface area contributed by atoms with E-state index in [0.717, 1.165) is 29.9 Å². The Labute approximate surface area is 162 Å². The number of aryl methyl sites for hydroxylation is 1. The zero-order valence-electron chi connectivity index (χ0n) is 15.1. The molecular weight excluding hydrogens is 364 g/mol. The number of morpholine rings is 1. The first-order valence-electron chi connectivity index (χ1n) is 8.95. The molecule has 140 valence electrons. The van der Waals surface area contributed by atoms with Crippen LogP contribution in [-0.4, -0.2) is 35.7 Å². The standard InChI is InChI=1S/C20H21ClN4O2/c1-14-10-17(22-12-15-2-4-16(21)5-3-15)20-23-18(11-19(26)25(20)13-14)24-6-8-27-9-7-24/h2-5,10-11,13,22H,6-9,12H2,1H3. The minimum Gasteiger partial charge on any atom is -0.378 e. The van der Waals surface area contributed by atoms with Crippen molar-refractivity contribution in [1.82, 2.24) is 9.38 Å². The predicted molar refractivity (Wildman–Crippen MR) is 108 cm³/mol. The Kier molecular flexibility index (Phi) is 5.01. The fraction of sp³-hybridized carbons (Fsp3) is 0.300. The lowest BCUT2D eigenvalue weighted by atomic mass is 10.2. The van der Waals surface area contributed by atoms with E-state index in [1.807, 2.05) is 43.5 Å². The lowest BCUT2D eigenvalue weighted by Gasteiger charge is -2.28. The molecule has 0 unspecified atom stereocenters. The highest BCUT2D eigenvalue weighted by atomic mass is 35.5. The lowest BCUT2D eigenvalue weighted by molar-refractivity contribution is 0.122. The van der Waals surface area contributed by atoms with Crippen LogP contribution in [-0.2, 0) is 11.3 Å². The first kappa shape index (κ1) is 17.8. The second-order valence-electron chi connectivity index (χ2n) is 6.66. The molecular formula is C20H21ClN4O2. The van der Waals surface area contributed by atoms with Crippen LogP contribution in [0.2, 0.25) is 5.02 Å². The molecule has 3 aromatic rings. The van der Waals surface area contributed by atoms with Crippen LogP contribution < -0.4 is 15.8 Å². The average Bonchev–Trinajstić information content (AvgIpc) is 2.68. The van der Waals surface area contributed by atoms with E-state index in [1.54, 1.807) is 10.5 Å². The van der Waals surface area contributed by atoms with Crippen LogP contribution in [0.25, 0.3) is 5.65 Å². The van der Waals surface area contributed by atoms with Crippen molar-refractivity contribution in [3.8, 4) is 0 Å². The zero-order valence-corrected chi connectivity index (χ0v) is 15.9. The Morgan fingerprint density at radius 1 is 1.19 bits per heavy atom. The molecule has 1 aliphatic rings. The summed E-state index contributed by atoms with van der Waals surface area (Å²) in [6.45, 7) is 5.36. The van der Waals surface area contributed by atoms with E-state index in [1.165, 1.54) is 0 Å². The van der Waals surface area contributed by atoms with Crippen molar-refractivity contribution in [3.63, 3.8) is 0 Å². The van der Waals surface area contributed by atoms with E-state index in [0.29, 0.717) is 36.2 Å². The number of halogens is 1. The highest BCUT2D eigenvalue weighted by Gasteiger charge is 2.15. The molecule has 4 rings (SSSR count). The van der Waals surface area contributed by atoms with Gasteiger partial charge in [0, 0.05) is 36.9 Å². The highest BCUT2D eigenvalue weighted by molar-refractivity contribution is 6.30. The first-order valence-corrected chi connectivity index (χ1v) is 9.33. The SMILES string of the molecule is Cc1cc(NCc2ccc(Cl)cc2)c2nc(N3CCOCC3)cc(=O)n2c1. The van der Waals surface area contributed by atoms with Crippen molar-refractivity contribution in [2.75, 3.05) is 36.5 Å². The fourth-order valence-corrected chi connectivity index (χ4v) is 3.34. The third-order valence-electron chi connectivity index (χ3n) is 4.62. The van der Waals surface area contributed by atoms with Crippen LogP contribution in [0.3, 0.4) is 0 Å². The maximum atomic E-state index is 12.7. The van der Waals surface area contributed by atoms with Crippen molar-refractivity contribution in [2.24, 2.45) is 0 Å². The van der Waals surface area contributed by atoms with Gasteiger partial charge >= 0.3 is 0 Å². The van der Waals surface area contributed by atoms with Gasteiger partial charge < -0.3 is 15.0 Å². The Bertz CT molecular complexity index is 1010. The molecule has 0 saturated carbocycles. The summed E-state index contributed by atoms with van der Waals surface area (Å²) in [6, 6.07) is 11.3. The molecule has 27 heavy (non-hydrogen) atoms. The normalized spacial score (nSPS) is 14.5. The topological polar surface area (TPSA) is 58.9 Å². The number of aromatic nitrogens is 2. The van der Waals surface area contributed by atoms with Gasteiger partial charge in [-0.05, 0) is 36.2 Å². The van der Waals surface area contributed by atoms with Gasteiger partial charge in [-0.15, -0.1) is 0 Å². The Balaban J connectivity index is 1.70. The summed E-state index contributed by atoms with van der Waals surface area (Å²) >= 11 is 5.95. The minimum absolute atomic E-state index is 0.0836.